The van der Waals surface area contributed by atoms with Crippen LogP contribution in [0.15, 0.2) is 4.34 Å². The highest BCUT2D eigenvalue weighted by Gasteiger charge is 2.25. The standard InChI is InChI=1S/C12H20N2O2S2/c1-4-9-13-11(18-14-9)17-8-6-5-7-12(2,3)10(15)16/h4-8H2,1-3H3,(H,15,16). The Labute approximate surface area is 116 Å². The minimum atomic E-state index is -0.716. The molecule has 1 heterocycles. The van der Waals surface area contributed by atoms with Crippen molar-refractivity contribution < 1.29 is 9.90 Å². The zero-order valence-corrected chi connectivity index (χ0v) is 12.7. The van der Waals surface area contributed by atoms with Crippen molar-refractivity contribution in [2.24, 2.45) is 5.41 Å². The number of carboxylic acid groups (broad SMARTS) is 1. The molecule has 0 saturated carbocycles. The predicted octanol–water partition coefficient (Wildman–Crippen LogP) is 3.47. The number of rotatable bonds is 8. The molecule has 0 aliphatic rings. The highest BCUT2D eigenvalue weighted by molar-refractivity contribution is 8.00. The first kappa shape index (κ1) is 15.4. The van der Waals surface area contributed by atoms with Crippen LogP contribution in [0, 0.1) is 5.41 Å². The van der Waals surface area contributed by atoms with Gasteiger partial charge >= 0.3 is 5.97 Å². The molecule has 0 amide bonds. The number of aryl methyl sites for hydroxylation is 1. The molecular weight excluding hydrogens is 268 g/mol. The topological polar surface area (TPSA) is 63.1 Å². The van der Waals surface area contributed by atoms with Gasteiger partial charge in [0.1, 0.15) is 5.82 Å². The van der Waals surface area contributed by atoms with Crippen LogP contribution in [-0.2, 0) is 11.2 Å². The van der Waals surface area contributed by atoms with Crippen LogP contribution < -0.4 is 0 Å². The Hall–Kier alpha value is -0.620. The van der Waals surface area contributed by atoms with E-state index in [-0.39, 0.29) is 0 Å². The van der Waals surface area contributed by atoms with Crippen LogP contribution in [-0.4, -0.2) is 26.2 Å². The molecule has 0 aliphatic carbocycles. The number of carbonyl (C=O) groups is 1. The van der Waals surface area contributed by atoms with Crippen molar-refractivity contribution in [1.82, 2.24) is 9.36 Å². The van der Waals surface area contributed by atoms with E-state index in [1.807, 2.05) is 6.92 Å². The fourth-order valence-corrected chi connectivity index (χ4v) is 3.14. The molecule has 0 saturated heterocycles. The second-order valence-electron chi connectivity index (χ2n) is 4.82. The third-order valence-electron chi connectivity index (χ3n) is 2.77. The van der Waals surface area contributed by atoms with E-state index < -0.39 is 11.4 Å². The maximum absolute atomic E-state index is 10.9. The molecule has 0 aromatic carbocycles. The number of hydrogen-bond donors (Lipinski definition) is 1. The smallest absolute Gasteiger partial charge is 0.309 e. The van der Waals surface area contributed by atoms with Crippen LogP contribution in [0.2, 0.25) is 0 Å². The van der Waals surface area contributed by atoms with Gasteiger partial charge in [-0.2, -0.15) is 4.37 Å². The molecule has 1 aromatic rings. The largest absolute Gasteiger partial charge is 0.481 e. The molecule has 0 atom stereocenters. The first-order valence-electron chi connectivity index (χ1n) is 6.14. The molecule has 0 spiro atoms. The van der Waals surface area contributed by atoms with Gasteiger partial charge < -0.3 is 5.11 Å². The van der Waals surface area contributed by atoms with Crippen molar-refractivity contribution in [3.05, 3.63) is 5.82 Å². The van der Waals surface area contributed by atoms with E-state index in [9.17, 15) is 4.79 Å². The van der Waals surface area contributed by atoms with Gasteiger partial charge in [0.15, 0.2) is 4.34 Å². The molecule has 0 radical (unpaired) electrons. The number of thioether (sulfide) groups is 1. The summed E-state index contributed by atoms with van der Waals surface area (Å²) in [5.74, 6) is 1.18. The Morgan fingerprint density at radius 3 is 2.72 bits per heavy atom. The van der Waals surface area contributed by atoms with E-state index in [0.717, 1.165) is 41.6 Å². The molecule has 1 aromatic heterocycles. The number of aromatic nitrogens is 2. The lowest BCUT2D eigenvalue weighted by atomic mass is 9.88. The summed E-state index contributed by atoms with van der Waals surface area (Å²) < 4.78 is 5.25. The first-order chi connectivity index (χ1) is 8.45. The predicted molar refractivity (Wildman–Crippen MR) is 75.3 cm³/mol. The van der Waals surface area contributed by atoms with E-state index in [1.165, 1.54) is 11.5 Å². The van der Waals surface area contributed by atoms with Gasteiger partial charge in [0.25, 0.3) is 0 Å². The van der Waals surface area contributed by atoms with Crippen LogP contribution in [0.1, 0.15) is 45.9 Å². The third kappa shape index (κ3) is 4.94. The first-order valence-corrected chi connectivity index (χ1v) is 7.90. The van der Waals surface area contributed by atoms with Crippen molar-refractivity contribution >= 4 is 29.3 Å². The summed E-state index contributed by atoms with van der Waals surface area (Å²) >= 11 is 3.16. The quantitative estimate of drug-likeness (QED) is 0.586. The summed E-state index contributed by atoms with van der Waals surface area (Å²) in [7, 11) is 0. The number of nitrogens with zero attached hydrogens (tertiary/aromatic N) is 2. The lowest BCUT2D eigenvalue weighted by Gasteiger charge is -2.18. The number of aliphatic carboxylic acids is 1. The zero-order valence-electron chi connectivity index (χ0n) is 11.1. The van der Waals surface area contributed by atoms with Gasteiger partial charge in [0.05, 0.1) is 5.41 Å². The van der Waals surface area contributed by atoms with Crippen LogP contribution >= 0.6 is 23.3 Å². The Bertz CT molecular complexity index is 391. The molecule has 18 heavy (non-hydrogen) atoms. The lowest BCUT2D eigenvalue weighted by molar-refractivity contribution is -0.147. The second-order valence-corrected chi connectivity index (χ2v) is 6.92. The van der Waals surface area contributed by atoms with Crippen molar-refractivity contribution in [1.29, 1.82) is 0 Å². The van der Waals surface area contributed by atoms with Crippen molar-refractivity contribution in [2.45, 2.75) is 50.8 Å². The van der Waals surface area contributed by atoms with Crippen molar-refractivity contribution in [2.75, 3.05) is 5.75 Å². The van der Waals surface area contributed by atoms with E-state index in [4.69, 9.17) is 5.11 Å². The van der Waals surface area contributed by atoms with Gasteiger partial charge in [-0.15, -0.1) is 0 Å². The normalized spacial score (nSPS) is 11.7. The Morgan fingerprint density at radius 2 is 2.17 bits per heavy atom. The van der Waals surface area contributed by atoms with E-state index in [1.54, 1.807) is 25.6 Å². The van der Waals surface area contributed by atoms with Gasteiger partial charge in [-0.1, -0.05) is 25.1 Å². The van der Waals surface area contributed by atoms with Gasteiger partial charge in [0, 0.05) is 12.2 Å². The summed E-state index contributed by atoms with van der Waals surface area (Å²) in [5.41, 5.74) is -0.608. The summed E-state index contributed by atoms with van der Waals surface area (Å²) in [6.45, 7) is 5.60. The molecular formula is C12H20N2O2S2. The number of unbranched alkanes of at least 4 members (excludes halogenated alkanes) is 1. The average molecular weight is 288 g/mol. The molecule has 0 fully saturated rings. The average Bonchev–Trinajstić information content (AvgIpc) is 2.76. The lowest BCUT2D eigenvalue weighted by Crippen LogP contribution is -2.23. The summed E-state index contributed by atoms with van der Waals surface area (Å²) in [6, 6.07) is 0. The monoisotopic (exact) mass is 288 g/mol. The molecule has 4 nitrogen and oxygen atoms in total. The highest BCUT2D eigenvalue weighted by atomic mass is 32.2. The summed E-state index contributed by atoms with van der Waals surface area (Å²) in [4.78, 5) is 15.3. The Kier molecular flexibility index (Phi) is 6.08. The Morgan fingerprint density at radius 1 is 1.44 bits per heavy atom. The maximum Gasteiger partial charge on any atom is 0.309 e. The fraction of sp³-hybridized carbons (Fsp3) is 0.750. The third-order valence-corrected chi connectivity index (χ3v) is 4.72. The highest BCUT2D eigenvalue weighted by Crippen LogP contribution is 2.26. The van der Waals surface area contributed by atoms with Crippen LogP contribution in [0.4, 0.5) is 0 Å². The molecule has 102 valence electrons. The number of carboxylic acids is 1. The minimum absolute atomic E-state index is 0.608. The molecule has 6 heteroatoms. The van der Waals surface area contributed by atoms with Gasteiger partial charge in [-0.05, 0) is 38.2 Å². The van der Waals surface area contributed by atoms with Gasteiger partial charge in [-0.3, -0.25) is 4.79 Å². The van der Waals surface area contributed by atoms with Crippen LogP contribution in [0.25, 0.3) is 0 Å². The second kappa shape index (κ2) is 7.09. The summed E-state index contributed by atoms with van der Waals surface area (Å²) in [6.07, 6.45) is 3.55. The molecule has 1 N–H and O–H groups in total. The summed E-state index contributed by atoms with van der Waals surface area (Å²) in [5, 5.41) is 8.98. The fourth-order valence-electron chi connectivity index (χ4n) is 1.38. The van der Waals surface area contributed by atoms with Crippen LogP contribution in [0.5, 0.6) is 0 Å². The Balaban J connectivity index is 2.17. The minimum Gasteiger partial charge on any atom is -0.481 e. The van der Waals surface area contributed by atoms with Crippen LogP contribution in [0.3, 0.4) is 0 Å². The molecule has 0 aliphatic heterocycles. The van der Waals surface area contributed by atoms with Crippen molar-refractivity contribution in [3.63, 3.8) is 0 Å². The van der Waals surface area contributed by atoms with E-state index in [0.29, 0.717) is 0 Å². The van der Waals surface area contributed by atoms with E-state index in [2.05, 4.69) is 9.36 Å². The molecule has 0 unspecified atom stereocenters. The van der Waals surface area contributed by atoms with Gasteiger partial charge in [0.2, 0.25) is 0 Å². The SMILES string of the molecule is CCc1nsc(SCCCCC(C)(C)C(=O)O)n1. The van der Waals surface area contributed by atoms with E-state index >= 15 is 0 Å². The number of hydrogen-bond acceptors (Lipinski definition) is 5. The maximum atomic E-state index is 10.9. The molecule has 1 rings (SSSR count). The van der Waals surface area contributed by atoms with Crippen molar-refractivity contribution in [3.8, 4) is 0 Å². The van der Waals surface area contributed by atoms with Gasteiger partial charge in [-0.25, -0.2) is 4.98 Å². The molecule has 0 bridgehead atoms. The zero-order chi connectivity index (χ0) is 13.6.